The molecule has 1 saturated heterocycles. The predicted molar refractivity (Wildman–Crippen MR) is 122 cm³/mol. The molecule has 2 atom stereocenters. The van der Waals surface area contributed by atoms with Crippen LogP contribution in [0.2, 0.25) is 0 Å². The Hall–Kier alpha value is -2.89. The van der Waals surface area contributed by atoms with E-state index in [1.165, 1.54) is 12.1 Å². The molecule has 0 aromatic heterocycles. The molecule has 0 bridgehead atoms. The van der Waals surface area contributed by atoms with Gasteiger partial charge in [-0.3, -0.25) is 14.5 Å². The van der Waals surface area contributed by atoms with Gasteiger partial charge in [0.25, 0.3) is 0 Å². The molecule has 0 saturated carbocycles. The van der Waals surface area contributed by atoms with Gasteiger partial charge < -0.3 is 10.1 Å². The van der Waals surface area contributed by atoms with E-state index >= 15 is 0 Å². The summed E-state index contributed by atoms with van der Waals surface area (Å²) in [5, 5.41) is 2.79. The van der Waals surface area contributed by atoms with Crippen LogP contribution in [0.1, 0.15) is 26.2 Å². The molecule has 1 heterocycles. The van der Waals surface area contributed by atoms with Gasteiger partial charge in [0, 0.05) is 18.8 Å². The highest BCUT2D eigenvalue weighted by Crippen LogP contribution is 2.21. The maximum absolute atomic E-state index is 13.5. The van der Waals surface area contributed by atoms with Crippen LogP contribution in [0.5, 0.6) is 0 Å². The SMILES string of the molecule is CCC(C(=O)NCC1CCCO1)N(C(=O)CNS(=O)(=O)c1ccc(F)cc1)c1ccc(F)cc1. The van der Waals surface area contributed by atoms with E-state index in [1.54, 1.807) is 6.92 Å². The van der Waals surface area contributed by atoms with Gasteiger partial charge in [-0.25, -0.2) is 21.9 Å². The topological polar surface area (TPSA) is 105 Å². The van der Waals surface area contributed by atoms with Gasteiger partial charge in [0.1, 0.15) is 17.7 Å². The second-order valence-corrected chi connectivity index (χ2v) is 9.59. The van der Waals surface area contributed by atoms with Crippen LogP contribution in [0, 0.1) is 11.6 Å². The second-order valence-electron chi connectivity index (χ2n) is 7.82. The largest absolute Gasteiger partial charge is 0.376 e. The fourth-order valence-electron chi connectivity index (χ4n) is 3.66. The lowest BCUT2D eigenvalue weighted by Crippen LogP contribution is -2.53. The number of hydrogen-bond acceptors (Lipinski definition) is 5. The van der Waals surface area contributed by atoms with E-state index in [0.29, 0.717) is 6.61 Å². The Morgan fingerprint density at radius 3 is 2.26 bits per heavy atom. The third kappa shape index (κ3) is 6.58. The third-order valence-corrected chi connectivity index (χ3v) is 6.86. The van der Waals surface area contributed by atoms with Crippen LogP contribution in [-0.4, -0.2) is 52.1 Å². The van der Waals surface area contributed by atoms with Crippen molar-refractivity contribution >= 4 is 27.5 Å². The van der Waals surface area contributed by atoms with E-state index in [1.807, 2.05) is 0 Å². The number of anilines is 1. The molecule has 8 nitrogen and oxygen atoms in total. The van der Waals surface area contributed by atoms with Crippen molar-refractivity contribution in [3.8, 4) is 0 Å². The average molecular weight is 496 g/mol. The minimum Gasteiger partial charge on any atom is -0.376 e. The molecule has 1 aliphatic rings. The maximum Gasteiger partial charge on any atom is 0.243 e. The van der Waals surface area contributed by atoms with Crippen LogP contribution in [-0.2, 0) is 24.3 Å². The Morgan fingerprint density at radius 2 is 1.71 bits per heavy atom. The van der Waals surface area contributed by atoms with Gasteiger partial charge in [-0.1, -0.05) is 6.92 Å². The van der Waals surface area contributed by atoms with Crippen molar-refractivity contribution in [1.29, 1.82) is 0 Å². The minimum atomic E-state index is -4.11. The standard InChI is InChI=1S/C23H27F2N3O5S/c1-2-21(23(30)26-14-19-4-3-13-33-19)28(18-9-5-16(24)6-10-18)22(29)15-27-34(31,32)20-11-7-17(25)8-12-20/h5-12,19,21,27H,2-4,13-15H2,1H3,(H,26,30). The number of nitrogens with zero attached hydrogens (tertiary/aromatic N) is 1. The molecule has 2 aromatic carbocycles. The highest BCUT2D eigenvalue weighted by atomic mass is 32.2. The molecule has 2 N–H and O–H groups in total. The van der Waals surface area contributed by atoms with E-state index in [9.17, 15) is 26.8 Å². The zero-order valence-corrected chi connectivity index (χ0v) is 19.5. The van der Waals surface area contributed by atoms with E-state index < -0.39 is 46.1 Å². The van der Waals surface area contributed by atoms with Crippen LogP contribution in [0.4, 0.5) is 14.5 Å². The normalized spacial score (nSPS) is 16.7. The average Bonchev–Trinajstić information content (AvgIpc) is 3.34. The second kappa shape index (κ2) is 11.5. The van der Waals surface area contributed by atoms with Gasteiger partial charge in [0.05, 0.1) is 17.5 Å². The van der Waals surface area contributed by atoms with E-state index in [2.05, 4.69) is 10.0 Å². The molecule has 184 valence electrons. The fraction of sp³-hybridized carbons (Fsp3) is 0.391. The lowest BCUT2D eigenvalue weighted by Gasteiger charge is -2.31. The summed E-state index contributed by atoms with van der Waals surface area (Å²) < 4.78 is 59.4. The zero-order chi connectivity index (χ0) is 24.7. The number of sulfonamides is 1. The zero-order valence-electron chi connectivity index (χ0n) is 18.7. The van der Waals surface area contributed by atoms with Crippen molar-refractivity contribution in [2.75, 3.05) is 24.6 Å². The number of hydrogen-bond donors (Lipinski definition) is 2. The van der Waals surface area contributed by atoms with Gasteiger partial charge >= 0.3 is 0 Å². The number of rotatable bonds is 10. The number of carbonyl (C=O) groups excluding carboxylic acids is 2. The smallest absolute Gasteiger partial charge is 0.243 e. The molecule has 2 aromatic rings. The molecule has 34 heavy (non-hydrogen) atoms. The van der Waals surface area contributed by atoms with Gasteiger partial charge in [0.15, 0.2) is 0 Å². The molecule has 3 rings (SSSR count). The Morgan fingerprint density at radius 1 is 1.09 bits per heavy atom. The molecular formula is C23H27F2N3O5S. The first-order valence-electron chi connectivity index (χ1n) is 10.9. The van der Waals surface area contributed by atoms with E-state index in [4.69, 9.17) is 4.74 Å². The number of halogens is 2. The first kappa shape index (κ1) is 25.7. The fourth-order valence-corrected chi connectivity index (χ4v) is 4.64. The highest BCUT2D eigenvalue weighted by molar-refractivity contribution is 7.89. The molecule has 0 spiro atoms. The quantitative estimate of drug-likeness (QED) is 0.527. The summed E-state index contributed by atoms with van der Waals surface area (Å²) in [6, 6.07) is 8.16. The number of benzene rings is 2. The summed E-state index contributed by atoms with van der Waals surface area (Å²) in [6.45, 7) is 1.97. The van der Waals surface area contributed by atoms with Crippen molar-refractivity contribution in [2.24, 2.45) is 0 Å². The van der Waals surface area contributed by atoms with Crippen molar-refractivity contribution in [3.05, 3.63) is 60.2 Å². The van der Waals surface area contributed by atoms with Gasteiger partial charge in [-0.05, 0) is 67.8 Å². The molecule has 1 fully saturated rings. The van der Waals surface area contributed by atoms with Crippen molar-refractivity contribution in [2.45, 2.75) is 43.2 Å². The lowest BCUT2D eigenvalue weighted by atomic mass is 10.1. The Kier molecular flexibility index (Phi) is 8.70. The number of carbonyl (C=O) groups is 2. The monoisotopic (exact) mass is 495 g/mol. The van der Waals surface area contributed by atoms with E-state index in [-0.39, 0.29) is 29.7 Å². The number of nitrogens with one attached hydrogen (secondary N) is 2. The summed E-state index contributed by atoms with van der Waals surface area (Å²) in [6.07, 6.45) is 1.86. The third-order valence-electron chi connectivity index (χ3n) is 5.44. The van der Waals surface area contributed by atoms with Gasteiger partial charge in [-0.2, -0.15) is 0 Å². The first-order chi connectivity index (χ1) is 16.2. The van der Waals surface area contributed by atoms with Gasteiger partial charge in [0.2, 0.25) is 21.8 Å². The van der Waals surface area contributed by atoms with Crippen LogP contribution in [0.3, 0.4) is 0 Å². The van der Waals surface area contributed by atoms with Crippen LogP contribution in [0.25, 0.3) is 0 Å². The molecule has 2 unspecified atom stereocenters. The summed E-state index contributed by atoms with van der Waals surface area (Å²) in [5.74, 6) is -2.27. The molecule has 11 heteroatoms. The predicted octanol–water partition coefficient (Wildman–Crippen LogP) is 2.35. The number of ether oxygens (including phenoxy) is 1. The van der Waals surface area contributed by atoms with Crippen molar-refractivity contribution in [1.82, 2.24) is 10.0 Å². The molecule has 0 radical (unpaired) electrons. The van der Waals surface area contributed by atoms with Gasteiger partial charge in [-0.15, -0.1) is 0 Å². The van der Waals surface area contributed by atoms with Crippen LogP contribution in [0.15, 0.2) is 53.4 Å². The highest BCUT2D eigenvalue weighted by Gasteiger charge is 2.31. The van der Waals surface area contributed by atoms with Crippen LogP contribution >= 0.6 is 0 Å². The Labute approximate surface area is 197 Å². The summed E-state index contributed by atoms with van der Waals surface area (Å²) in [5.41, 5.74) is 0.242. The number of amides is 2. The van der Waals surface area contributed by atoms with Crippen LogP contribution < -0.4 is 14.9 Å². The first-order valence-corrected chi connectivity index (χ1v) is 12.4. The van der Waals surface area contributed by atoms with Crippen molar-refractivity contribution in [3.63, 3.8) is 0 Å². The lowest BCUT2D eigenvalue weighted by molar-refractivity contribution is -0.126. The minimum absolute atomic E-state index is 0.0982. The molecule has 2 amide bonds. The van der Waals surface area contributed by atoms with Crippen molar-refractivity contribution < 1.29 is 31.5 Å². The molecule has 0 aliphatic carbocycles. The summed E-state index contributed by atoms with van der Waals surface area (Å²) >= 11 is 0. The van der Waals surface area contributed by atoms with E-state index in [0.717, 1.165) is 54.1 Å². The molecule has 1 aliphatic heterocycles. The summed E-state index contributed by atoms with van der Waals surface area (Å²) in [7, 11) is -4.11. The Balaban J connectivity index is 1.78. The maximum atomic E-state index is 13.5. The Bertz CT molecular complexity index is 1090. The molecular weight excluding hydrogens is 468 g/mol. The summed E-state index contributed by atoms with van der Waals surface area (Å²) in [4.78, 5) is 27.1.